The van der Waals surface area contributed by atoms with E-state index in [0.717, 1.165) is 4.90 Å². The molecule has 1 N–H and O–H groups in total. The van der Waals surface area contributed by atoms with Crippen molar-refractivity contribution in [2.45, 2.75) is 0 Å². The summed E-state index contributed by atoms with van der Waals surface area (Å²) in [5, 5.41) is 0. The summed E-state index contributed by atoms with van der Waals surface area (Å²) in [4.78, 5) is 29.9. The number of hydrogen-bond acceptors (Lipinski definition) is 4. The van der Waals surface area contributed by atoms with E-state index in [1.54, 1.807) is 6.20 Å². The Bertz CT molecular complexity index is 317. The van der Waals surface area contributed by atoms with Crippen molar-refractivity contribution in [3.05, 3.63) is 12.4 Å². The maximum absolute atomic E-state index is 11.2. The fourth-order valence-corrected chi connectivity index (χ4v) is 1.11. The van der Waals surface area contributed by atoms with Crippen molar-refractivity contribution in [2.24, 2.45) is 0 Å². The highest BCUT2D eigenvalue weighted by Crippen LogP contribution is 2.10. The van der Waals surface area contributed by atoms with Crippen LogP contribution in [0.15, 0.2) is 12.4 Å². The van der Waals surface area contributed by atoms with E-state index in [1.165, 1.54) is 6.20 Å². The number of carbonyl (C=O) groups excluding carboxylic acids is 2. The summed E-state index contributed by atoms with van der Waals surface area (Å²) in [5.74, 6) is -0.546. The van der Waals surface area contributed by atoms with Crippen LogP contribution in [0.2, 0.25) is 0 Å². The Kier molecular flexibility index (Phi) is 1.82. The molecule has 2 heterocycles. The highest BCUT2D eigenvalue weighted by molar-refractivity contribution is 6.15. The summed E-state index contributed by atoms with van der Waals surface area (Å²) in [6.45, 7) is -0.154. The number of morpholine rings is 1. The molecule has 1 aromatic rings. The maximum Gasteiger partial charge on any atom is 0.262 e. The predicted molar refractivity (Wildman–Crippen MR) is 41.9 cm³/mol. The average molecular weight is 181 g/mol. The number of nitrogens with one attached hydrogen (secondary N) is 1. The molecule has 1 aliphatic rings. The number of carbonyl (C=O) groups is 2. The molecule has 68 valence electrons. The third-order valence-corrected chi connectivity index (χ3v) is 1.65. The second-order valence-electron chi connectivity index (χ2n) is 2.53. The zero-order chi connectivity index (χ0) is 9.26. The van der Waals surface area contributed by atoms with Gasteiger partial charge in [-0.2, -0.15) is 0 Å². The molecule has 2 amide bonds. The zero-order valence-corrected chi connectivity index (χ0v) is 6.69. The monoisotopic (exact) mass is 181 g/mol. The number of aromatic nitrogens is 2. The van der Waals surface area contributed by atoms with Crippen LogP contribution in [0, 0.1) is 0 Å². The predicted octanol–water partition coefficient (Wildman–Crippen LogP) is -0.701. The van der Waals surface area contributed by atoms with Crippen LogP contribution >= 0.6 is 0 Å². The maximum atomic E-state index is 11.2. The third-order valence-electron chi connectivity index (χ3n) is 1.65. The number of imidazole rings is 1. The number of rotatable bonds is 1. The van der Waals surface area contributed by atoms with E-state index in [4.69, 9.17) is 4.74 Å². The number of aromatic amines is 1. The van der Waals surface area contributed by atoms with E-state index < -0.39 is 11.8 Å². The molecular formula is C7H7N3O3. The molecule has 0 saturated carbocycles. The number of H-pyrrole nitrogens is 1. The van der Waals surface area contributed by atoms with E-state index in [9.17, 15) is 9.59 Å². The number of ether oxygens (including phenoxy) is 1. The van der Waals surface area contributed by atoms with Gasteiger partial charge < -0.3 is 9.72 Å². The van der Waals surface area contributed by atoms with Gasteiger partial charge in [-0.25, -0.2) is 9.88 Å². The van der Waals surface area contributed by atoms with Gasteiger partial charge in [0, 0.05) is 12.4 Å². The first kappa shape index (κ1) is 7.93. The van der Waals surface area contributed by atoms with Crippen molar-refractivity contribution < 1.29 is 14.3 Å². The lowest BCUT2D eigenvalue weighted by Gasteiger charge is -2.21. The minimum Gasteiger partial charge on any atom is -0.362 e. The first-order chi connectivity index (χ1) is 6.29. The number of hydrogen-bond donors (Lipinski definition) is 1. The number of amides is 2. The minimum absolute atomic E-state index is 0.0769. The summed E-state index contributed by atoms with van der Waals surface area (Å²) in [6, 6.07) is 0. The van der Waals surface area contributed by atoms with Crippen molar-refractivity contribution in [3.63, 3.8) is 0 Å². The third kappa shape index (κ3) is 1.31. The molecule has 0 aromatic carbocycles. The van der Waals surface area contributed by atoms with Gasteiger partial charge in [-0.05, 0) is 0 Å². The van der Waals surface area contributed by atoms with Crippen molar-refractivity contribution >= 4 is 17.8 Å². The highest BCUT2D eigenvalue weighted by Gasteiger charge is 2.29. The fraction of sp³-hybridized carbons (Fsp3) is 0.286. The molecule has 1 fully saturated rings. The summed E-state index contributed by atoms with van der Waals surface area (Å²) in [5.41, 5.74) is 0. The van der Waals surface area contributed by atoms with Crippen LogP contribution in [0.3, 0.4) is 0 Å². The molecule has 0 spiro atoms. The van der Waals surface area contributed by atoms with E-state index in [-0.39, 0.29) is 19.2 Å². The van der Waals surface area contributed by atoms with Crippen LogP contribution in [0.25, 0.3) is 0 Å². The Morgan fingerprint density at radius 3 is 2.62 bits per heavy atom. The molecule has 0 bridgehead atoms. The summed E-state index contributed by atoms with van der Waals surface area (Å²) in [6.07, 6.45) is 3.02. The molecule has 1 aliphatic heterocycles. The summed E-state index contributed by atoms with van der Waals surface area (Å²) < 4.78 is 4.74. The molecule has 0 atom stereocenters. The van der Waals surface area contributed by atoms with Gasteiger partial charge in [-0.3, -0.25) is 9.59 Å². The van der Waals surface area contributed by atoms with Crippen molar-refractivity contribution in [1.82, 2.24) is 9.97 Å². The van der Waals surface area contributed by atoms with E-state index >= 15 is 0 Å². The van der Waals surface area contributed by atoms with Crippen LogP contribution in [0.1, 0.15) is 0 Å². The van der Waals surface area contributed by atoms with Gasteiger partial charge in [-0.1, -0.05) is 0 Å². The first-order valence-corrected chi connectivity index (χ1v) is 3.72. The van der Waals surface area contributed by atoms with Crippen LogP contribution in [0.5, 0.6) is 0 Å². The van der Waals surface area contributed by atoms with Gasteiger partial charge in [0.05, 0.1) is 0 Å². The van der Waals surface area contributed by atoms with Crippen molar-refractivity contribution in [3.8, 4) is 0 Å². The van der Waals surface area contributed by atoms with Crippen molar-refractivity contribution in [1.29, 1.82) is 0 Å². The van der Waals surface area contributed by atoms with Gasteiger partial charge in [0.2, 0.25) is 5.95 Å². The lowest BCUT2D eigenvalue weighted by Crippen LogP contribution is -2.46. The van der Waals surface area contributed by atoms with Gasteiger partial charge in [0.25, 0.3) is 11.8 Å². The Balaban J connectivity index is 2.29. The van der Waals surface area contributed by atoms with E-state index in [0.29, 0.717) is 0 Å². The summed E-state index contributed by atoms with van der Waals surface area (Å²) >= 11 is 0. The Hall–Kier alpha value is -1.69. The smallest absolute Gasteiger partial charge is 0.262 e. The number of nitrogens with zero attached hydrogens (tertiary/aromatic N) is 2. The Labute approximate surface area is 73.5 Å². The van der Waals surface area contributed by atoms with Gasteiger partial charge in [0.15, 0.2) is 0 Å². The first-order valence-electron chi connectivity index (χ1n) is 3.72. The highest BCUT2D eigenvalue weighted by atomic mass is 16.5. The van der Waals surface area contributed by atoms with Crippen LogP contribution in [-0.2, 0) is 14.3 Å². The molecule has 0 radical (unpaired) electrons. The molecule has 6 heteroatoms. The van der Waals surface area contributed by atoms with Gasteiger partial charge in [0.1, 0.15) is 13.2 Å². The molecule has 1 saturated heterocycles. The standard InChI is InChI=1S/C7H7N3O3/c11-5-3-13-4-6(12)10(5)7-8-1-2-9-7/h1-2H,3-4H2,(H,8,9). The normalized spacial score (nSPS) is 18.0. The Morgan fingerprint density at radius 2 is 2.08 bits per heavy atom. The minimum atomic E-state index is -0.397. The lowest BCUT2D eigenvalue weighted by atomic mass is 10.4. The summed E-state index contributed by atoms with van der Waals surface area (Å²) in [7, 11) is 0. The second kappa shape index (κ2) is 2.98. The SMILES string of the molecule is O=C1COCC(=O)N1c1ncc[nH]1. The van der Waals surface area contributed by atoms with E-state index in [1.807, 2.05) is 0 Å². The largest absolute Gasteiger partial charge is 0.362 e. The quantitative estimate of drug-likeness (QED) is 0.581. The average Bonchev–Trinajstić information content (AvgIpc) is 2.57. The lowest BCUT2D eigenvalue weighted by molar-refractivity contribution is -0.138. The molecule has 13 heavy (non-hydrogen) atoms. The molecule has 1 aromatic heterocycles. The molecular weight excluding hydrogens is 174 g/mol. The number of imide groups is 1. The number of anilines is 1. The molecule has 0 unspecified atom stereocenters. The van der Waals surface area contributed by atoms with Gasteiger partial charge in [-0.15, -0.1) is 0 Å². The van der Waals surface area contributed by atoms with Crippen LogP contribution in [-0.4, -0.2) is 35.0 Å². The molecule has 2 rings (SSSR count). The van der Waals surface area contributed by atoms with Crippen LogP contribution < -0.4 is 4.90 Å². The van der Waals surface area contributed by atoms with Crippen molar-refractivity contribution in [2.75, 3.05) is 18.1 Å². The van der Waals surface area contributed by atoms with E-state index in [2.05, 4.69) is 9.97 Å². The fourth-order valence-electron chi connectivity index (χ4n) is 1.11. The van der Waals surface area contributed by atoms with Crippen LogP contribution in [0.4, 0.5) is 5.95 Å². The Morgan fingerprint density at radius 1 is 1.38 bits per heavy atom. The second-order valence-corrected chi connectivity index (χ2v) is 2.53. The molecule has 6 nitrogen and oxygen atoms in total. The topological polar surface area (TPSA) is 75.3 Å². The molecule has 0 aliphatic carbocycles. The zero-order valence-electron chi connectivity index (χ0n) is 6.69. The van der Waals surface area contributed by atoms with Gasteiger partial charge >= 0.3 is 0 Å².